The molecule has 0 aromatic rings. The molecule has 0 saturated heterocycles. The Hall–Kier alpha value is 0.240. The highest BCUT2D eigenvalue weighted by Gasteiger charge is 2.54. The Morgan fingerprint density at radius 2 is 1.93 bits per heavy atom. The van der Waals surface area contributed by atoms with Gasteiger partial charge in [0.05, 0.1) is 0 Å². The maximum absolute atomic E-state index is 5.65. The van der Waals surface area contributed by atoms with Crippen LogP contribution in [0, 0.1) is 23.7 Å². The molecular formula is C11H16OS2. The van der Waals surface area contributed by atoms with E-state index in [2.05, 4.69) is 12.6 Å². The lowest BCUT2D eigenvalue weighted by Gasteiger charge is -2.31. The molecule has 0 unspecified atom stereocenters. The molecule has 3 rings (SSSR count). The molecule has 3 saturated carbocycles. The summed E-state index contributed by atoms with van der Waals surface area (Å²) >= 11 is 8.98. The van der Waals surface area contributed by atoms with Crippen molar-refractivity contribution in [2.45, 2.75) is 38.2 Å². The first kappa shape index (κ1) is 9.46. The lowest BCUT2D eigenvalue weighted by molar-refractivity contribution is 0.0814. The molecule has 2 bridgehead atoms. The van der Waals surface area contributed by atoms with Gasteiger partial charge in [-0.2, -0.15) is 0 Å². The maximum Gasteiger partial charge on any atom is 0.217 e. The summed E-state index contributed by atoms with van der Waals surface area (Å²) in [5.41, 5.74) is 0. The molecule has 3 aliphatic rings. The van der Waals surface area contributed by atoms with E-state index in [-0.39, 0.29) is 0 Å². The zero-order valence-electron chi connectivity index (χ0n) is 8.19. The second-order valence-electron chi connectivity index (χ2n) is 5.08. The first-order valence-corrected chi connectivity index (χ1v) is 6.51. The quantitative estimate of drug-likeness (QED) is 0.545. The number of thiol groups is 1. The lowest BCUT2D eigenvalue weighted by Crippen LogP contribution is -2.30. The Morgan fingerprint density at radius 3 is 2.71 bits per heavy atom. The first-order chi connectivity index (χ1) is 6.75. The Kier molecular flexibility index (Phi) is 2.28. The number of thiocarbonyl (C=S) groups is 1. The summed E-state index contributed by atoms with van der Waals surface area (Å²) in [6.45, 7) is 0. The molecule has 0 spiro atoms. The predicted octanol–water partition coefficient (Wildman–Crippen LogP) is 3.04. The monoisotopic (exact) mass is 228 g/mol. The molecule has 3 fully saturated rings. The van der Waals surface area contributed by atoms with E-state index < -0.39 is 0 Å². The van der Waals surface area contributed by atoms with E-state index in [1.165, 1.54) is 32.1 Å². The number of rotatable bonds is 1. The van der Waals surface area contributed by atoms with Crippen LogP contribution in [0.2, 0.25) is 0 Å². The van der Waals surface area contributed by atoms with Crippen LogP contribution in [-0.4, -0.2) is 10.5 Å². The Balaban J connectivity index is 1.73. The maximum atomic E-state index is 5.65. The van der Waals surface area contributed by atoms with Gasteiger partial charge in [-0.1, -0.05) is 19.0 Å². The largest absolute Gasteiger partial charge is 0.475 e. The van der Waals surface area contributed by atoms with Crippen LogP contribution < -0.4 is 0 Å². The Labute approximate surface area is 96.0 Å². The molecular weight excluding hydrogens is 212 g/mol. The minimum atomic E-state index is 0.407. The Bertz CT molecular complexity index is 266. The average Bonchev–Trinajstić information content (AvgIpc) is 2.68. The molecule has 3 aliphatic carbocycles. The van der Waals surface area contributed by atoms with Crippen molar-refractivity contribution in [1.29, 1.82) is 0 Å². The van der Waals surface area contributed by atoms with Crippen molar-refractivity contribution in [2.75, 3.05) is 0 Å². The van der Waals surface area contributed by atoms with Crippen LogP contribution in [-0.2, 0) is 4.74 Å². The third-order valence-corrected chi connectivity index (χ3v) is 4.82. The van der Waals surface area contributed by atoms with E-state index in [1.807, 2.05) is 0 Å². The van der Waals surface area contributed by atoms with Gasteiger partial charge < -0.3 is 4.74 Å². The molecule has 0 radical (unpaired) electrons. The van der Waals surface area contributed by atoms with Crippen molar-refractivity contribution >= 4 is 29.2 Å². The Morgan fingerprint density at radius 1 is 1.14 bits per heavy atom. The minimum Gasteiger partial charge on any atom is -0.475 e. The highest BCUT2D eigenvalue weighted by Crippen LogP contribution is 2.59. The second kappa shape index (κ2) is 3.38. The normalized spacial score (nSPS) is 49.4. The molecule has 0 aromatic heterocycles. The fourth-order valence-corrected chi connectivity index (χ4v) is 4.53. The minimum absolute atomic E-state index is 0.407. The topological polar surface area (TPSA) is 9.23 Å². The molecule has 78 valence electrons. The average molecular weight is 228 g/mol. The fourth-order valence-electron chi connectivity index (χ4n) is 4.27. The van der Waals surface area contributed by atoms with E-state index in [0.29, 0.717) is 10.5 Å². The first-order valence-electron chi connectivity index (χ1n) is 5.65. The van der Waals surface area contributed by atoms with E-state index in [9.17, 15) is 0 Å². The highest BCUT2D eigenvalue weighted by molar-refractivity contribution is 8.10. The van der Waals surface area contributed by atoms with Crippen LogP contribution in [0.5, 0.6) is 0 Å². The fraction of sp³-hybridized carbons (Fsp3) is 0.909. The number of hydrogen-bond acceptors (Lipinski definition) is 2. The molecule has 0 amide bonds. The summed E-state index contributed by atoms with van der Waals surface area (Å²) in [6, 6.07) is 0. The predicted molar refractivity (Wildman–Crippen MR) is 63.5 cm³/mol. The van der Waals surface area contributed by atoms with E-state index >= 15 is 0 Å². The van der Waals surface area contributed by atoms with Crippen molar-refractivity contribution in [1.82, 2.24) is 0 Å². The summed E-state index contributed by atoms with van der Waals surface area (Å²) in [4.78, 5) is 0. The van der Waals surface area contributed by atoms with Gasteiger partial charge in [0.15, 0.2) is 0 Å². The van der Waals surface area contributed by atoms with Crippen molar-refractivity contribution in [3.05, 3.63) is 0 Å². The zero-order valence-corrected chi connectivity index (χ0v) is 9.90. The van der Waals surface area contributed by atoms with Crippen LogP contribution in [0.3, 0.4) is 0 Å². The van der Waals surface area contributed by atoms with Gasteiger partial charge >= 0.3 is 0 Å². The third-order valence-electron chi connectivity index (χ3n) is 4.62. The van der Waals surface area contributed by atoms with Gasteiger partial charge in [0.1, 0.15) is 6.10 Å². The van der Waals surface area contributed by atoms with Crippen LogP contribution in [0.25, 0.3) is 0 Å². The number of ether oxygens (including phenoxy) is 1. The summed E-state index contributed by atoms with van der Waals surface area (Å²) in [7, 11) is 0. The van der Waals surface area contributed by atoms with E-state index in [4.69, 9.17) is 17.0 Å². The van der Waals surface area contributed by atoms with Crippen LogP contribution in [0.4, 0.5) is 0 Å². The summed E-state index contributed by atoms with van der Waals surface area (Å²) < 4.78 is 6.09. The summed E-state index contributed by atoms with van der Waals surface area (Å²) in [6.07, 6.45) is 7.41. The summed E-state index contributed by atoms with van der Waals surface area (Å²) in [5, 5.41) is 0. The van der Waals surface area contributed by atoms with Gasteiger partial charge in [0, 0.05) is 0 Å². The number of hydrogen-bond donors (Lipinski definition) is 1. The molecule has 14 heavy (non-hydrogen) atoms. The van der Waals surface area contributed by atoms with Crippen molar-refractivity contribution in [3.8, 4) is 0 Å². The molecule has 0 heterocycles. The number of fused-ring (bicyclic) bond motifs is 5. The van der Waals surface area contributed by atoms with Gasteiger partial charge in [-0.25, -0.2) is 0 Å². The smallest absolute Gasteiger partial charge is 0.217 e. The third kappa shape index (κ3) is 1.32. The van der Waals surface area contributed by atoms with Crippen LogP contribution in [0.1, 0.15) is 32.1 Å². The van der Waals surface area contributed by atoms with Crippen LogP contribution in [0.15, 0.2) is 0 Å². The van der Waals surface area contributed by atoms with Gasteiger partial charge in [0.25, 0.3) is 0 Å². The zero-order chi connectivity index (χ0) is 9.71. The van der Waals surface area contributed by atoms with Crippen molar-refractivity contribution in [2.24, 2.45) is 23.7 Å². The lowest BCUT2D eigenvalue weighted by atomic mass is 9.80. The molecule has 3 heteroatoms. The SMILES string of the molecule is S=C(S)O[C@@H]1C[C@H]2C[C@H]1[C@@H]1CCC[C@@H]21. The second-order valence-corrected chi connectivity index (χ2v) is 6.16. The van der Waals surface area contributed by atoms with Gasteiger partial charge in [0.2, 0.25) is 4.38 Å². The standard InChI is InChI=1S/C11H16OS2/c13-11(14)12-10-5-6-4-9(10)8-3-1-2-7(6)8/h6-10H,1-5H2,(H,13,14)/t6-,7+,8-,9+,10-/m1/s1. The van der Waals surface area contributed by atoms with Gasteiger partial charge in [-0.05, 0) is 61.6 Å². The molecule has 0 aliphatic heterocycles. The summed E-state index contributed by atoms with van der Waals surface area (Å²) in [5.74, 6) is 3.74. The molecule has 5 atom stereocenters. The van der Waals surface area contributed by atoms with E-state index in [0.717, 1.165) is 23.7 Å². The molecule has 0 aromatic carbocycles. The van der Waals surface area contributed by atoms with Crippen molar-refractivity contribution < 1.29 is 4.74 Å². The molecule has 1 nitrogen and oxygen atoms in total. The van der Waals surface area contributed by atoms with Crippen LogP contribution >= 0.6 is 24.8 Å². The van der Waals surface area contributed by atoms with Gasteiger partial charge in [-0.15, -0.1) is 0 Å². The van der Waals surface area contributed by atoms with E-state index in [1.54, 1.807) is 0 Å². The highest BCUT2D eigenvalue weighted by atomic mass is 32.1. The van der Waals surface area contributed by atoms with Gasteiger partial charge in [-0.3, -0.25) is 0 Å². The molecule has 0 N–H and O–H groups in total. The van der Waals surface area contributed by atoms with Crippen molar-refractivity contribution in [3.63, 3.8) is 0 Å².